The van der Waals surface area contributed by atoms with Crippen molar-refractivity contribution in [1.29, 1.82) is 0 Å². The number of oxazole rings is 1. The minimum atomic E-state index is -1.40. The van der Waals surface area contributed by atoms with E-state index in [2.05, 4.69) is 10.3 Å². The van der Waals surface area contributed by atoms with Gasteiger partial charge in [0.15, 0.2) is 5.58 Å². The topological polar surface area (TPSA) is 97.8 Å². The largest absolute Gasteiger partial charge is 0.496 e. The van der Waals surface area contributed by atoms with Crippen LogP contribution in [-0.2, 0) is 11.0 Å². The van der Waals surface area contributed by atoms with Crippen molar-refractivity contribution >= 4 is 56.3 Å². The molecule has 8 nitrogen and oxygen atoms in total. The lowest BCUT2D eigenvalue weighted by molar-refractivity contribution is 0.0964. The van der Waals surface area contributed by atoms with Gasteiger partial charge in [-0.1, -0.05) is 23.7 Å². The second kappa shape index (κ2) is 11.2. The number of aromatic nitrogens is 1. The van der Waals surface area contributed by atoms with Crippen LogP contribution in [0.3, 0.4) is 0 Å². The van der Waals surface area contributed by atoms with Crippen LogP contribution in [-0.4, -0.2) is 42.6 Å². The molecule has 6 rings (SSSR count). The molecule has 1 unspecified atom stereocenters. The van der Waals surface area contributed by atoms with E-state index in [1.165, 1.54) is 19.2 Å². The number of benzene rings is 4. The van der Waals surface area contributed by atoms with Gasteiger partial charge >= 0.3 is 0 Å². The van der Waals surface area contributed by atoms with Gasteiger partial charge < -0.3 is 18.9 Å². The Hall–Kier alpha value is -4.67. The number of hydrogen-bond acceptors (Lipinski definition) is 6. The molecule has 6 aromatic rings. The summed E-state index contributed by atoms with van der Waals surface area (Å²) in [4.78, 5) is 17.8. The Bertz CT molecular complexity index is 2050. The maximum atomic E-state index is 13.7. The SMILES string of the molecule is CNC(=O)c1c(-c2ccc(F)cc2)oc2cc(N(C)S(C)=O)c(-c3ccc(OC)c(-c4nc5c(Cl)cccc5o4)c3)cc12. The Morgan fingerprint density at radius 2 is 1.74 bits per heavy atom. The van der Waals surface area contributed by atoms with Crippen molar-refractivity contribution in [3.63, 3.8) is 0 Å². The smallest absolute Gasteiger partial charge is 0.255 e. The monoisotopic (exact) mass is 617 g/mol. The molecule has 4 aromatic carbocycles. The van der Waals surface area contributed by atoms with Gasteiger partial charge in [0.1, 0.15) is 39.4 Å². The zero-order chi connectivity index (χ0) is 30.4. The first-order valence-corrected chi connectivity index (χ1v) is 15.0. The number of furan rings is 1. The van der Waals surface area contributed by atoms with Crippen molar-refractivity contribution in [2.24, 2.45) is 0 Å². The molecule has 0 saturated carbocycles. The zero-order valence-corrected chi connectivity index (χ0v) is 25.1. The predicted octanol–water partition coefficient (Wildman–Crippen LogP) is 7.47. The molecule has 0 bridgehead atoms. The molecule has 1 atom stereocenters. The zero-order valence-electron chi connectivity index (χ0n) is 23.5. The van der Waals surface area contributed by atoms with E-state index in [1.807, 2.05) is 18.2 Å². The first-order valence-electron chi connectivity index (χ1n) is 13.1. The molecule has 218 valence electrons. The number of hydrogen-bond donors (Lipinski definition) is 1. The second-order valence-electron chi connectivity index (χ2n) is 9.70. The maximum Gasteiger partial charge on any atom is 0.255 e. The van der Waals surface area contributed by atoms with E-state index in [9.17, 15) is 13.4 Å². The highest BCUT2D eigenvalue weighted by atomic mass is 35.5. The predicted molar refractivity (Wildman–Crippen MR) is 167 cm³/mol. The van der Waals surface area contributed by atoms with Gasteiger partial charge in [-0.15, -0.1) is 0 Å². The van der Waals surface area contributed by atoms with Crippen molar-refractivity contribution in [3.05, 3.63) is 89.2 Å². The highest BCUT2D eigenvalue weighted by Crippen LogP contribution is 2.43. The van der Waals surface area contributed by atoms with E-state index >= 15 is 0 Å². The summed E-state index contributed by atoms with van der Waals surface area (Å²) in [5.74, 6) is 0.341. The van der Waals surface area contributed by atoms with Gasteiger partial charge in [-0.3, -0.25) is 9.10 Å². The fourth-order valence-corrected chi connectivity index (χ4v) is 5.63. The number of carbonyl (C=O) groups excluding carboxylic acids is 1. The van der Waals surface area contributed by atoms with Crippen molar-refractivity contribution in [3.8, 4) is 39.7 Å². The summed E-state index contributed by atoms with van der Waals surface area (Å²) in [5.41, 5.74) is 4.82. The first-order chi connectivity index (χ1) is 20.7. The van der Waals surface area contributed by atoms with E-state index in [4.69, 9.17) is 25.2 Å². The third-order valence-electron chi connectivity index (χ3n) is 7.20. The summed E-state index contributed by atoms with van der Waals surface area (Å²) in [7, 11) is 3.39. The van der Waals surface area contributed by atoms with Crippen LogP contribution in [0.4, 0.5) is 10.1 Å². The van der Waals surface area contributed by atoms with Gasteiger partial charge in [-0.2, -0.15) is 0 Å². The third kappa shape index (κ3) is 5.02. The van der Waals surface area contributed by atoms with Crippen LogP contribution < -0.4 is 14.4 Å². The molecule has 0 fully saturated rings. The number of methoxy groups -OCH3 is 1. The number of fused-ring (bicyclic) bond motifs is 2. The second-order valence-corrected chi connectivity index (χ2v) is 11.5. The molecule has 0 aliphatic heterocycles. The fraction of sp³-hybridized carbons (Fsp3) is 0.125. The molecular formula is C32H25ClFN3O5S. The van der Waals surface area contributed by atoms with Gasteiger partial charge in [0, 0.05) is 42.9 Å². The minimum absolute atomic E-state index is 0.288. The average molecular weight is 618 g/mol. The maximum absolute atomic E-state index is 13.7. The number of amides is 1. The Morgan fingerprint density at radius 3 is 2.42 bits per heavy atom. The molecule has 11 heteroatoms. The molecule has 2 aromatic heterocycles. The van der Waals surface area contributed by atoms with Crippen LogP contribution >= 0.6 is 11.6 Å². The van der Waals surface area contributed by atoms with Crippen molar-refractivity contribution in [1.82, 2.24) is 10.3 Å². The number of halogens is 2. The third-order valence-corrected chi connectivity index (χ3v) is 8.48. The van der Waals surface area contributed by atoms with Crippen LogP contribution in [0.25, 0.3) is 56.0 Å². The molecule has 43 heavy (non-hydrogen) atoms. The first kappa shape index (κ1) is 28.4. The molecule has 0 aliphatic carbocycles. The number of nitrogens with one attached hydrogen (secondary N) is 1. The summed E-state index contributed by atoms with van der Waals surface area (Å²) in [6, 6.07) is 20.1. The molecule has 2 heterocycles. The van der Waals surface area contributed by atoms with Gasteiger partial charge in [-0.05, 0) is 60.2 Å². The Kier molecular flexibility index (Phi) is 7.41. The number of ether oxygens (including phenoxy) is 1. The van der Waals surface area contributed by atoms with E-state index in [1.54, 1.807) is 67.2 Å². The van der Waals surface area contributed by atoms with Crippen LogP contribution in [0.5, 0.6) is 5.75 Å². The number of anilines is 1. The molecule has 0 aliphatic rings. The van der Waals surface area contributed by atoms with E-state index in [0.717, 1.165) is 0 Å². The average Bonchev–Trinajstić information content (AvgIpc) is 3.62. The molecule has 1 N–H and O–H groups in total. The van der Waals surface area contributed by atoms with Crippen molar-refractivity contribution in [2.45, 2.75) is 0 Å². The Balaban J connectivity index is 1.62. The van der Waals surface area contributed by atoms with Crippen LogP contribution in [0.1, 0.15) is 10.4 Å². The summed E-state index contributed by atoms with van der Waals surface area (Å²) in [6.45, 7) is 0. The Labute approximate surface area is 253 Å². The number of carbonyl (C=O) groups is 1. The summed E-state index contributed by atoms with van der Waals surface area (Å²) >= 11 is 6.36. The number of para-hydroxylation sites is 1. The number of nitrogens with zero attached hydrogens (tertiary/aromatic N) is 2. The van der Waals surface area contributed by atoms with Crippen LogP contribution in [0, 0.1) is 5.82 Å². The fourth-order valence-electron chi connectivity index (χ4n) is 4.99. The van der Waals surface area contributed by atoms with Crippen LogP contribution in [0.15, 0.2) is 81.6 Å². The summed E-state index contributed by atoms with van der Waals surface area (Å²) < 4.78 is 45.9. The van der Waals surface area contributed by atoms with E-state index in [-0.39, 0.29) is 11.7 Å². The lowest BCUT2D eigenvalue weighted by Gasteiger charge is -2.20. The highest BCUT2D eigenvalue weighted by molar-refractivity contribution is 7.85. The number of rotatable bonds is 7. The molecule has 0 spiro atoms. The highest BCUT2D eigenvalue weighted by Gasteiger charge is 2.25. The van der Waals surface area contributed by atoms with Gasteiger partial charge in [-0.25, -0.2) is 13.6 Å². The molecular weight excluding hydrogens is 593 g/mol. The lowest BCUT2D eigenvalue weighted by Crippen LogP contribution is -2.20. The normalized spacial score (nSPS) is 12.0. The van der Waals surface area contributed by atoms with Crippen LogP contribution in [0.2, 0.25) is 5.02 Å². The van der Waals surface area contributed by atoms with Crippen molar-refractivity contribution < 1.29 is 27.0 Å². The van der Waals surface area contributed by atoms with Gasteiger partial charge in [0.2, 0.25) is 5.89 Å². The minimum Gasteiger partial charge on any atom is -0.496 e. The van der Waals surface area contributed by atoms with Gasteiger partial charge in [0.25, 0.3) is 5.91 Å². The standard InChI is InChI=1S/C32H25ClFN3O5S/c1-35-31(38)28-21-15-20(24(37(2)43(4)39)16-27(21)41-30(28)17-8-11-19(34)12-9-17)18-10-13-25(40-3)22(14-18)32-36-29-23(33)6-5-7-26(29)42-32/h5-16H,1-4H3,(H,35,38). The van der Waals surface area contributed by atoms with E-state index < -0.39 is 16.8 Å². The van der Waals surface area contributed by atoms with E-state index in [0.29, 0.717) is 72.2 Å². The molecule has 0 radical (unpaired) electrons. The lowest BCUT2D eigenvalue weighted by atomic mass is 9.97. The summed E-state index contributed by atoms with van der Waals surface area (Å²) in [6.07, 6.45) is 1.57. The quantitative estimate of drug-likeness (QED) is 0.200. The molecule has 0 saturated heterocycles. The van der Waals surface area contributed by atoms with Crippen molar-refractivity contribution in [2.75, 3.05) is 31.8 Å². The summed E-state index contributed by atoms with van der Waals surface area (Å²) in [5, 5.41) is 3.66. The molecule has 1 amide bonds. The Morgan fingerprint density at radius 1 is 1.00 bits per heavy atom. The van der Waals surface area contributed by atoms with Gasteiger partial charge in [0.05, 0.1) is 28.9 Å².